The Labute approximate surface area is 99.1 Å². The Hall–Kier alpha value is -2.11. The molecule has 0 aromatic carbocycles. The first-order valence-corrected chi connectivity index (χ1v) is 5.25. The maximum atomic E-state index is 11.6. The summed E-state index contributed by atoms with van der Waals surface area (Å²) in [5.74, 6) is -1.51. The van der Waals surface area contributed by atoms with Gasteiger partial charge < -0.3 is 14.6 Å². The van der Waals surface area contributed by atoms with Gasteiger partial charge in [-0.05, 0) is 29.4 Å². The smallest absolute Gasteiger partial charge is 0.408 e. The maximum absolute atomic E-state index is 11.6. The number of carbonyl (C=O) groups excluding carboxylic acids is 1. The van der Waals surface area contributed by atoms with Gasteiger partial charge in [-0.2, -0.15) is 0 Å². The van der Waals surface area contributed by atoms with E-state index in [1.165, 1.54) is 12.4 Å². The lowest BCUT2D eigenvalue weighted by Crippen LogP contribution is -2.43. The molecule has 0 aliphatic carbocycles. The van der Waals surface area contributed by atoms with Crippen LogP contribution in [0.2, 0.25) is 0 Å². The van der Waals surface area contributed by atoms with Crippen LogP contribution in [0.15, 0.2) is 30.5 Å². The van der Waals surface area contributed by atoms with Crippen LogP contribution in [0.3, 0.4) is 0 Å². The van der Waals surface area contributed by atoms with Gasteiger partial charge in [0, 0.05) is 6.07 Å². The van der Waals surface area contributed by atoms with Gasteiger partial charge in [-0.1, -0.05) is 6.92 Å². The predicted molar refractivity (Wildman–Crippen MR) is 55.9 cm³/mol. The summed E-state index contributed by atoms with van der Waals surface area (Å²) in [6.07, 6.45) is 2.93. The minimum Gasteiger partial charge on any atom is -0.609 e. The molecule has 1 heterocycles. The molecule has 0 bridgehead atoms. The first-order chi connectivity index (χ1) is 8.20. The Kier molecular flexibility index (Phi) is 4.93. The topological polar surface area (TPSA) is 75.4 Å². The molecule has 0 aliphatic rings. The van der Waals surface area contributed by atoms with Gasteiger partial charge in [-0.3, -0.25) is 0 Å². The highest BCUT2D eigenvalue weighted by Crippen LogP contribution is 2.02. The van der Waals surface area contributed by atoms with Crippen molar-refractivity contribution < 1.29 is 24.1 Å². The van der Waals surface area contributed by atoms with Crippen LogP contribution in [0.4, 0.5) is 0 Å². The van der Waals surface area contributed by atoms with Crippen molar-refractivity contribution in [1.29, 1.82) is 0 Å². The SMILES string of the molecule is CCOC(=O)/C(=C(/[O-])OCC)[n+]1ccccn1. The van der Waals surface area contributed by atoms with Gasteiger partial charge in [0.05, 0.1) is 12.8 Å². The van der Waals surface area contributed by atoms with Crippen molar-refractivity contribution in [3.8, 4) is 0 Å². The highest BCUT2D eigenvalue weighted by molar-refractivity contribution is 6.05. The Bertz CT molecular complexity index is 403. The lowest BCUT2D eigenvalue weighted by atomic mass is 10.4. The van der Waals surface area contributed by atoms with E-state index in [9.17, 15) is 9.90 Å². The number of esters is 1. The van der Waals surface area contributed by atoms with Crippen LogP contribution in [-0.2, 0) is 14.3 Å². The summed E-state index contributed by atoms with van der Waals surface area (Å²) in [4.78, 5) is 11.6. The highest BCUT2D eigenvalue weighted by Gasteiger charge is 2.25. The van der Waals surface area contributed by atoms with Crippen molar-refractivity contribution in [2.45, 2.75) is 13.8 Å². The van der Waals surface area contributed by atoms with Gasteiger partial charge in [-0.25, -0.2) is 4.79 Å². The summed E-state index contributed by atoms with van der Waals surface area (Å²) in [7, 11) is 0. The minimum atomic E-state index is -0.755. The Morgan fingerprint density at radius 3 is 2.53 bits per heavy atom. The lowest BCUT2D eigenvalue weighted by Gasteiger charge is -2.12. The number of hydrogen-bond acceptors (Lipinski definition) is 5. The van der Waals surface area contributed by atoms with Gasteiger partial charge in [0.1, 0.15) is 5.95 Å². The molecule has 0 atom stereocenters. The van der Waals surface area contributed by atoms with E-state index in [1.807, 2.05) is 0 Å². The second kappa shape index (κ2) is 6.47. The molecule has 1 rings (SSSR count). The fourth-order valence-corrected chi connectivity index (χ4v) is 1.13. The largest absolute Gasteiger partial charge is 0.609 e. The van der Waals surface area contributed by atoms with Crippen molar-refractivity contribution in [1.82, 2.24) is 5.10 Å². The number of carbonyl (C=O) groups is 1. The van der Waals surface area contributed by atoms with Crippen LogP contribution < -0.4 is 9.79 Å². The third kappa shape index (κ3) is 3.44. The van der Waals surface area contributed by atoms with E-state index >= 15 is 0 Å². The summed E-state index contributed by atoms with van der Waals surface area (Å²) in [5.41, 5.74) is -0.255. The molecular formula is C11H14N2O4. The minimum absolute atomic E-state index is 0.176. The monoisotopic (exact) mass is 238 g/mol. The number of ether oxygens (including phenoxy) is 2. The quantitative estimate of drug-likeness (QED) is 0.298. The van der Waals surface area contributed by atoms with E-state index in [1.54, 1.807) is 26.0 Å². The van der Waals surface area contributed by atoms with E-state index in [0.29, 0.717) is 0 Å². The van der Waals surface area contributed by atoms with Crippen molar-refractivity contribution in [3.05, 3.63) is 30.5 Å². The summed E-state index contributed by atoms with van der Waals surface area (Å²) in [5, 5.41) is 15.5. The third-order valence-electron chi connectivity index (χ3n) is 1.78. The first kappa shape index (κ1) is 13.0. The zero-order chi connectivity index (χ0) is 12.7. The number of nitrogens with zero attached hydrogens (tertiary/aromatic N) is 2. The molecule has 0 saturated carbocycles. The van der Waals surface area contributed by atoms with Crippen molar-refractivity contribution in [2.75, 3.05) is 13.2 Å². The molecule has 0 N–H and O–H groups in total. The van der Waals surface area contributed by atoms with Gasteiger partial charge in [0.15, 0.2) is 0 Å². The van der Waals surface area contributed by atoms with Gasteiger partial charge in [0.25, 0.3) is 0 Å². The molecule has 17 heavy (non-hydrogen) atoms. The number of rotatable bonds is 5. The lowest BCUT2D eigenvalue weighted by molar-refractivity contribution is -0.649. The summed E-state index contributed by atoms with van der Waals surface area (Å²) >= 11 is 0. The molecule has 92 valence electrons. The summed E-state index contributed by atoms with van der Waals surface area (Å²) in [6, 6.07) is 3.32. The molecular weight excluding hydrogens is 224 g/mol. The van der Waals surface area contributed by atoms with Crippen molar-refractivity contribution in [2.24, 2.45) is 0 Å². The molecule has 6 nitrogen and oxygen atoms in total. The fourth-order valence-electron chi connectivity index (χ4n) is 1.13. The van der Waals surface area contributed by atoms with Crippen molar-refractivity contribution >= 4 is 11.7 Å². The van der Waals surface area contributed by atoms with Crippen LogP contribution in [0.1, 0.15) is 13.8 Å². The predicted octanol–water partition coefficient (Wildman–Crippen LogP) is -0.545. The van der Waals surface area contributed by atoms with E-state index in [2.05, 4.69) is 5.10 Å². The van der Waals surface area contributed by atoms with Crippen LogP contribution in [0, 0.1) is 0 Å². The molecule has 0 unspecified atom stereocenters. The third-order valence-corrected chi connectivity index (χ3v) is 1.78. The van der Waals surface area contributed by atoms with Gasteiger partial charge >= 0.3 is 11.7 Å². The van der Waals surface area contributed by atoms with E-state index < -0.39 is 11.9 Å². The highest BCUT2D eigenvalue weighted by atomic mass is 16.6. The molecule has 0 fully saturated rings. The van der Waals surface area contributed by atoms with Crippen LogP contribution in [-0.4, -0.2) is 24.3 Å². The van der Waals surface area contributed by atoms with E-state index in [-0.39, 0.29) is 18.9 Å². The zero-order valence-electron chi connectivity index (χ0n) is 9.75. The molecule has 0 aliphatic heterocycles. The molecule has 0 saturated heterocycles. The fraction of sp³-hybridized carbons (Fsp3) is 0.364. The second-order valence-electron chi connectivity index (χ2n) is 2.93. The molecule has 1 aromatic rings. The normalized spacial score (nSPS) is 11.6. The van der Waals surface area contributed by atoms with E-state index in [4.69, 9.17) is 9.47 Å². The first-order valence-electron chi connectivity index (χ1n) is 5.25. The average Bonchev–Trinajstić information content (AvgIpc) is 2.31. The maximum Gasteiger partial charge on any atom is 0.408 e. The van der Waals surface area contributed by atoms with Crippen LogP contribution in [0.5, 0.6) is 0 Å². The number of hydrogen-bond donors (Lipinski definition) is 0. The molecule has 0 amide bonds. The van der Waals surface area contributed by atoms with Gasteiger partial charge in [0.2, 0.25) is 6.20 Å². The van der Waals surface area contributed by atoms with Crippen molar-refractivity contribution in [3.63, 3.8) is 0 Å². The number of aromatic nitrogens is 2. The molecule has 6 heteroatoms. The Morgan fingerprint density at radius 2 is 2.00 bits per heavy atom. The standard InChI is InChI=1S/C11H14N2O4/c1-3-16-10(14)9(11(15)17-4-2)13-8-6-5-7-12-13/h5-8H,3-4H2,1-2H3. The van der Waals surface area contributed by atoms with Crippen LogP contribution >= 0.6 is 0 Å². The molecule has 0 radical (unpaired) electrons. The summed E-state index contributed by atoms with van der Waals surface area (Å²) in [6.45, 7) is 3.66. The summed E-state index contributed by atoms with van der Waals surface area (Å²) < 4.78 is 10.7. The molecule has 0 spiro atoms. The van der Waals surface area contributed by atoms with Crippen LogP contribution in [0.25, 0.3) is 5.70 Å². The average molecular weight is 238 g/mol. The Morgan fingerprint density at radius 1 is 1.29 bits per heavy atom. The van der Waals surface area contributed by atoms with Gasteiger partial charge in [-0.15, -0.1) is 0 Å². The van der Waals surface area contributed by atoms with E-state index in [0.717, 1.165) is 4.68 Å². The molecule has 1 aromatic heterocycles. The second-order valence-corrected chi connectivity index (χ2v) is 2.93. The Balaban J connectivity index is 3.11. The zero-order valence-corrected chi connectivity index (χ0v) is 9.75.